The minimum atomic E-state index is -0.0375. The molecule has 3 rings (SSSR count). The summed E-state index contributed by atoms with van der Waals surface area (Å²) in [6.07, 6.45) is 4.97. The molecule has 1 atom stereocenters. The van der Waals surface area contributed by atoms with Gasteiger partial charge in [0.1, 0.15) is 12.4 Å². The number of oxime groups is 1. The monoisotopic (exact) mass is 351 g/mol. The van der Waals surface area contributed by atoms with Crippen LogP contribution in [0.1, 0.15) is 63.6 Å². The average molecular weight is 351 g/mol. The number of allylic oxidation sites excluding steroid dienone is 2. The molecule has 0 saturated heterocycles. The molecule has 4 nitrogen and oxygen atoms in total. The zero-order valence-electron chi connectivity index (χ0n) is 16.5. The van der Waals surface area contributed by atoms with Crippen molar-refractivity contribution in [2.45, 2.75) is 58.3 Å². The molecule has 0 radical (unpaired) electrons. The average Bonchev–Trinajstić information content (AvgIpc) is 3.04. The Bertz CT molecular complexity index is 715. The summed E-state index contributed by atoms with van der Waals surface area (Å²) in [5.41, 5.74) is 4.91. The van der Waals surface area contributed by atoms with Crippen LogP contribution in [-0.2, 0) is 22.5 Å². The number of carbonyl (C=O) groups is 1. The number of rotatable bonds is 5. The van der Waals surface area contributed by atoms with E-state index in [1.54, 1.807) is 0 Å². The van der Waals surface area contributed by atoms with Crippen LogP contribution in [0.25, 0.3) is 0 Å². The van der Waals surface area contributed by atoms with Crippen molar-refractivity contribution in [2.24, 2.45) is 5.16 Å². The van der Waals surface area contributed by atoms with Crippen LogP contribution >= 0.6 is 0 Å². The maximum absolute atomic E-state index is 12.6. The Morgan fingerprint density at radius 2 is 2.04 bits per heavy atom. The van der Waals surface area contributed by atoms with Gasteiger partial charge in [-0.1, -0.05) is 30.3 Å². The smallest absolute Gasteiger partial charge is 1.00 e. The molecule has 130 valence electrons. The first-order valence-corrected chi connectivity index (χ1v) is 8.90. The molecule has 1 N–H and O–H groups in total. The van der Waals surface area contributed by atoms with Crippen molar-refractivity contribution in [3.63, 3.8) is 0 Å². The quantitative estimate of drug-likeness (QED) is 0.495. The van der Waals surface area contributed by atoms with Crippen LogP contribution in [0.2, 0.25) is 0 Å². The molecular weight excluding hydrogens is 325 g/mol. The van der Waals surface area contributed by atoms with Crippen LogP contribution in [0.4, 0.5) is 0 Å². The largest absolute Gasteiger partial charge is 1.00 e. The van der Waals surface area contributed by atoms with Gasteiger partial charge in [0.15, 0.2) is 5.78 Å². The van der Waals surface area contributed by atoms with Crippen LogP contribution in [0.3, 0.4) is 0 Å². The number of benzene rings is 1. The Balaban J connectivity index is 0.00000169. The molecule has 0 heterocycles. The topological polar surface area (TPSA) is 58.9 Å². The van der Waals surface area contributed by atoms with Crippen molar-refractivity contribution < 1.29 is 45.7 Å². The van der Waals surface area contributed by atoms with E-state index in [2.05, 4.69) is 23.4 Å². The molecule has 1 aromatic rings. The van der Waals surface area contributed by atoms with Gasteiger partial charge in [0.2, 0.25) is 0 Å². The van der Waals surface area contributed by atoms with E-state index < -0.39 is 0 Å². The van der Waals surface area contributed by atoms with Crippen molar-refractivity contribution in [1.82, 2.24) is 0 Å². The Labute approximate surface area is 173 Å². The number of carbonyl (C=O) groups excluding carboxylic acids is 1. The number of aryl methyl sites for hydroxylation is 2. The summed E-state index contributed by atoms with van der Waals surface area (Å²) in [5.74, 6) is 0.166. The van der Waals surface area contributed by atoms with Gasteiger partial charge in [-0.15, -0.1) is 0 Å². The molecule has 0 aromatic heterocycles. The predicted molar refractivity (Wildman–Crippen MR) is 95.6 cm³/mol. The van der Waals surface area contributed by atoms with E-state index >= 15 is 0 Å². The second-order valence-electron chi connectivity index (χ2n) is 6.54. The van der Waals surface area contributed by atoms with Crippen molar-refractivity contribution in [2.75, 3.05) is 6.61 Å². The van der Waals surface area contributed by atoms with E-state index in [0.29, 0.717) is 37.2 Å². The van der Waals surface area contributed by atoms with Crippen LogP contribution < -0.4 is 29.6 Å². The first-order chi connectivity index (χ1) is 11.6. The molecule has 1 unspecified atom stereocenters. The van der Waals surface area contributed by atoms with Crippen molar-refractivity contribution in [1.29, 1.82) is 0 Å². The number of fused-ring (bicyclic) bond motifs is 1. The number of hydrogen-bond donors (Lipinski definition) is 1. The molecule has 0 aliphatic heterocycles. The summed E-state index contributed by atoms with van der Waals surface area (Å²) >= 11 is 0. The van der Waals surface area contributed by atoms with Gasteiger partial charge in [0, 0.05) is 12.8 Å². The molecule has 5 heteroatoms. The van der Waals surface area contributed by atoms with Gasteiger partial charge in [-0.25, -0.2) is 0 Å². The normalized spacial score (nSPS) is 20.3. The maximum Gasteiger partial charge on any atom is 1.00 e. The Hall–Kier alpha value is -1.10. The molecule has 1 aromatic carbocycles. The van der Waals surface area contributed by atoms with E-state index in [0.717, 1.165) is 18.4 Å². The maximum atomic E-state index is 12.6. The molecular formula is C20H26NNaO3. The Morgan fingerprint density at radius 1 is 1.28 bits per heavy atom. The Morgan fingerprint density at radius 3 is 2.72 bits per heavy atom. The molecule has 0 fully saturated rings. The molecule has 0 spiro atoms. The summed E-state index contributed by atoms with van der Waals surface area (Å²) in [6.45, 7) is 4.21. The molecule has 0 saturated carbocycles. The standard InChI is InChI=1S/C20H25NO3.Na.H/c1-3-17(21-24-4-2)20-18(22)11-16(12-19(20)23)15-9-8-13-6-5-7-14(13)10-15;;/h8-10,16,22H,3-7,11-12H2,1-2H3;;/q;+1;-1/b21-17-;;. The second-order valence-corrected chi connectivity index (χ2v) is 6.54. The summed E-state index contributed by atoms with van der Waals surface area (Å²) in [4.78, 5) is 17.7. The van der Waals surface area contributed by atoms with Crippen molar-refractivity contribution >= 4 is 11.5 Å². The first-order valence-electron chi connectivity index (χ1n) is 8.90. The number of aliphatic hydroxyl groups excluding tert-OH is 1. The van der Waals surface area contributed by atoms with Gasteiger partial charge in [-0.2, -0.15) is 0 Å². The minimum absolute atomic E-state index is 0. The van der Waals surface area contributed by atoms with Crippen molar-refractivity contribution in [3.8, 4) is 0 Å². The third-order valence-electron chi connectivity index (χ3n) is 4.96. The third-order valence-corrected chi connectivity index (χ3v) is 4.96. The predicted octanol–water partition coefficient (Wildman–Crippen LogP) is 1.35. The fourth-order valence-corrected chi connectivity index (χ4v) is 3.73. The number of nitrogens with zero attached hydrogens (tertiary/aromatic N) is 1. The summed E-state index contributed by atoms with van der Waals surface area (Å²) < 4.78 is 0. The SMILES string of the molecule is CCO/N=C(/CC)C1=C(O)CC(c2ccc3c(c2)CCC3)CC1=O.[H-].[Na+]. The summed E-state index contributed by atoms with van der Waals surface area (Å²) in [6, 6.07) is 6.54. The minimum Gasteiger partial charge on any atom is -1.00 e. The summed E-state index contributed by atoms with van der Waals surface area (Å²) in [5, 5.41) is 14.5. The Kier molecular flexibility index (Phi) is 7.29. The van der Waals surface area contributed by atoms with E-state index in [4.69, 9.17) is 4.84 Å². The summed E-state index contributed by atoms with van der Waals surface area (Å²) in [7, 11) is 0. The van der Waals surface area contributed by atoms with Crippen LogP contribution in [0, 0.1) is 0 Å². The van der Waals surface area contributed by atoms with E-state index in [1.165, 1.54) is 17.5 Å². The van der Waals surface area contributed by atoms with Gasteiger partial charge in [-0.3, -0.25) is 4.79 Å². The van der Waals surface area contributed by atoms with E-state index in [-0.39, 0.29) is 48.4 Å². The molecule has 25 heavy (non-hydrogen) atoms. The van der Waals surface area contributed by atoms with Crippen LogP contribution in [-0.4, -0.2) is 23.2 Å². The van der Waals surface area contributed by atoms with Gasteiger partial charge in [0.25, 0.3) is 0 Å². The molecule has 0 bridgehead atoms. The second kappa shape index (κ2) is 9.02. The van der Waals surface area contributed by atoms with Gasteiger partial charge < -0.3 is 11.4 Å². The van der Waals surface area contributed by atoms with Crippen LogP contribution in [0.5, 0.6) is 0 Å². The number of aliphatic hydroxyl groups is 1. The number of hydrogen-bond acceptors (Lipinski definition) is 4. The van der Waals surface area contributed by atoms with E-state index in [1.807, 2.05) is 13.8 Å². The zero-order valence-corrected chi connectivity index (χ0v) is 17.5. The fourth-order valence-electron chi connectivity index (χ4n) is 3.73. The molecule has 2 aliphatic rings. The van der Waals surface area contributed by atoms with Gasteiger partial charge >= 0.3 is 29.6 Å². The zero-order chi connectivity index (χ0) is 17.1. The number of Topliss-reactive ketones (excluding diaryl/α,β-unsaturated/α-hetero) is 1. The molecule has 2 aliphatic carbocycles. The fraction of sp³-hybridized carbons (Fsp3) is 0.500. The third kappa shape index (κ3) is 4.36. The van der Waals surface area contributed by atoms with Gasteiger partial charge in [-0.05, 0) is 55.2 Å². The van der Waals surface area contributed by atoms with Gasteiger partial charge in [0.05, 0.1) is 11.3 Å². The molecule has 0 amide bonds. The number of ketones is 1. The van der Waals surface area contributed by atoms with Crippen LogP contribution in [0.15, 0.2) is 34.7 Å². The van der Waals surface area contributed by atoms with Crippen molar-refractivity contribution in [3.05, 3.63) is 46.2 Å². The first kappa shape index (κ1) is 20.2. The van der Waals surface area contributed by atoms with E-state index in [9.17, 15) is 9.90 Å².